The van der Waals surface area contributed by atoms with Crippen LogP contribution in [0.15, 0.2) is 4.99 Å². The van der Waals surface area contributed by atoms with Crippen LogP contribution < -0.4 is 10.5 Å². The first-order valence-electron chi connectivity index (χ1n) is 7.55. The van der Waals surface area contributed by atoms with E-state index in [9.17, 15) is 8.42 Å². The highest BCUT2D eigenvalue weighted by atomic mass is 127. The molecule has 0 bridgehead atoms. The summed E-state index contributed by atoms with van der Waals surface area (Å²) in [5.41, 5.74) is 6.02. The van der Waals surface area contributed by atoms with Crippen LogP contribution in [0, 0.1) is 5.92 Å². The number of sulfonamides is 1. The van der Waals surface area contributed by atoms with Crippen molar-refractivity contribution in [3.05, 3.63) is 0 Å². The molecule has 0 aromatic heterocycles. The second-order valence-corrected chi connectivity index (χ2v) is 7.62. The molecule has 2 fully saturated rings. The molecular formula is C13H27IN4O3S. The summed E-state index contributed by atoms with van der Waals surface area (Å²) in [4.78, 5) is 6.50. The number of nitrogens with two attached hydrogens (primary N) is 1. The van der Waals surface area contributed by atoms with E-state index in [4.69, 9.17) is 10.5 Å². The lowest BCUT2D eigenvalue weighted by Crippen LogP contribution is -2.46. The molecule has 22 heavy (non-hydrogen) atoms. The van der Waals surface area contributed by atoms with Gasteiger partial charge in [-0.3, -0.25) is 4.99 Å². The third kappa shape index (κ3) is 6.55. The molecule has 0 aromatic rings. The Morgan fingerprint density at radius 1 is 1.32 bits per heavy atom. The Hall–Kier alpha value is -0.130. The topological polar surface area (TPSA) is 97.0 Å². The van der Waals surface area contributed by atoms with Gasteiger partial charge in [0.25, 0.3) is 0 Å². The van der Waals surface area contributed by atoms with Crippen LogP contribution in [0.2, 0.25) is 0 Å². The molecule has 1 aliphatic carbocycles. The molecule has 2 aliphatic rings. The van der Waals surface area contributed by atoms with Crippen LogP contribution in [0.4, 0.5) is 0 Å². The fourth-order valence-electron chi connectivity index (χ4n) is 2.96. The summed E-state index contributed by atoms with van der Waals surface area (Å²) >= 11 is 0. The van der Waals surface area contributed by atoms with Crippen molar-refractivity contribution in [1.29, 1.82) is 0 Å². The minimum atomic E-state index is -3.17. The Kier molecular flexibility index (Phi) is 8.36. The molecule has 9 heteroatoms. The molecule has 2 rings (SSSR count). The maximum atomic E-state index is 11.4. The van der Waals surface area contributed by atoms with Gasteiger partial charge in [-0.2, -0.15) is 0 Å². The first-order chi connectivity index (χ1) is 9.96. The highest BCUT2D eigenvalue weighted by Crippen LogP contribution is 2.25. The lowest BCUT2D eigenvalue weighted by molar-refractivity contribution is 0.0673. The molecule has 0 amide bonds. The fraction of sp³-hybridized carbons (Fsp3) is 0.923. The van der Waals surface area contributed by atoms with E-state index in [1.165, 1.54) is 6.26 Å². The van der Waals surface area contributed by atoms with Gasteiger partial charge in [-0.25, -0.2) is 13.1 Å². The van der Waals surface area contributed by atoms with E-state index in [-0.39, 0.29) is 35.9 Å². The summed E-state index contributed by atoms with van der Waals surface area (Å²) < 4.78 is 30.9. The largest absolute Gasteiger partial charge is 0.378 e. The lowest BCUT2D eigenvalue weighted by Gasteiger charge is -2.31. The molecule has 1 saturated carbocycles. The number of aliphatic imine (C=N–C) groups is 1. The van der Waals surface area contributed by atoms with E-state index in [0.717, 1.165) is 38.8 Å². The van der Waals surface area contributed by atoms with Gasteiger partial charge in [0.05, 0.1) is 19.5 Å². The summed E-state index contributed by atoms with van der Waals surface area (Å²) in [5, 5.41) is 0. The number of nitrogens with zero attached hydrogens (tertiary/aromatic N) is 2. The monoisotopic (exact) mass is 446 g/mol. The second-order valence-electron chi connectivity index (χ2n) is 5.84. The number of nitrogens with one attached hydrogen (secondary N) is 1. The van der Waals surface area contributed by atoms with E-state index >= 15 is 0 Å². The number of guanidine groups is 1. The Morgan fingerprint density at radius 3 is 2.59 bits per heavy atom. The van der Waals surface area contributed by atoms with Crippen molar-refractivity contribution < 1.29 is 13.2 Å². The van der Waals surface area contributed by atoms with Crippen molar-refractivity contribution in [1.82, 2.24) is 9.62 Å². The molecule has 2 unspecified atom stereocenters. The number of rotatable bonds is 4. The summed E-state index contributed by atoms with van der Waals surface area (Å²) in [6.07, 6.45) is 5.27. The van der Waals surface area contributed by atoms with Crippen LogP contribution in [-0.2, 0) is 14.8 Å². The van der Waals surface area contributed by atoms with E-state index in [2.05, 4.69) is 9.71 Å². The van der Waals surface area contributed by atoms with Crippen LogP contribution in [0.5, 0.6) is 0 Å². The number of hydrogen-bond acceptors (Lipinski definition) is 4. The molecule has 0 spiro atoms. The number of ether oxygens (including phenoxy) is 1. The number of morpholine rings is 1. The van der Waals surface area contributed by atoms with Gasteiger partial charge >= 0.3 is 0 Å². The molecule has 7 nitrogen and oxygen atoms in total. The average Bonchev–Trinajstić information content (AvgIpc) is 2.45. The molecule has 1 aliphatic heterocycles. The molecule has 0 aromatic carbocycles. The van der Waals surface area contributed by atoms with Gasteiger partial charge in [0.2, 0.25) is 10.0 Å². The molecule has 1 saturated heterocycles. The molecule has 0 radical (unpaired) electrons. The van der Waals surface area contributed by atoms with Gasteiger partial charge < -0.3 is 15.4 Å². The van der Waals surface area contributed by atoms with Gasteiger partial charge in [0.15, 0.2) is 5.96 Å². The fourth-order valence-corrected chi connectivity index (χ4v) is 3.82. The van der Waals surface area contributed by atoms with Gasteiger partial charge in [-0.05, 0) is 18.8 Å². The zero-order chi connectivity index (χ0) is 15.3. The molecule has 3 N–H and O–H groups in total. The Balaban J connectivity index is 0.00000242. The van der Waals surface area contributed by atoms with Gasteiger partial charge in [-0.15, -0.1) is 24.0 Å². The van der Waals surface area contributed by atoms with Gasteiger partial charge in [0.1, 0.15) is 0 Å². The van der Waals surface area contributed by atoms with Crippen LogP contribution in [-0.4, -0.2) is 64.4 Å². The first kappa shape index (κ1) is 19.9. The molecule has 1 heterocycles. The molecule has 130 valence electrons. The molecule has 2 atom stereocenters. The summed E-state index contributed by atoms with van der Waals surface area (Å²) in [6.45, 7) is 3.47. The van der Waals surface area contributed by atoms with Crippen molar-refractivity contribution in [2.24, 2.45) is 16.6 Å². The summed E-state index contributed by atoms with van der Waals surface area (Å²) in [5.74, 6) is 0.773. The number of halogens is 1. The van der Waals surface area contributed by atoms with E-state index in [0.29, 0.717) is 25.7 Å². The zero-order valence-electron chi connectivity index (χ0n) is 13.0. The second kappa shape index (κ2) is 9.24. The quantitative estimate of drug-likeness (QED) is 0.369. The van der Waals surface area contributed by atoms with Crippen LogP contribution in [0.1, 0.15) is 25.7 Å². The van der Waals surface area contributed by atoms with E-state index in [1.54, 1.807) is 0 Å². The van der Waals surface area contributed by atoms with Crippen molar-refractivity contribution in [2.75, 3.05) is 39.1 Å². The highest BCUT2D eigenvalue weighted by Gasteiger charge is 2.27. The zero-order valence-corrected chi connectivity index (χ0v) is 16.2. The third-order valence-corrected chi connectivity index (χ3v) is 4.83. The minimum absolute atomic E-state index is 0. The normalized spacial score (nSPS) is 27.3. The van der Waals surface area contributed by atoms with Crippen molar-refractivity contribution in [3.63, 3.8) is 0 Å². The van der Waals surface area contributed by atoms with Crippen molar-refractivity contribution in [2.45, 2.75) is 31.7 Å². The van der Waals surface area contributed by atoms with Gasteiger partial charge in [-0.1, -0.05) is 12.8 Å². The Labute approximate surface area is 150 Å². The van der Waals surface area contributed by atoms with Crippen LogP contribution in [0.25, 0.3) is 0 Å². The van der Waals surface area contributed by atoms with Crippen LogP contribution >= 0.6 is 24.0 Å². The maximum absolute atomic E-state index is 11.4. The molecular weight excluding hydrogens is 419 g/mol. The van der Waals surface area contributed by atoms with Crippen molar-refractivity contribution in [3.8, 4) is 0 Å². The summed E-state index contributed by atoms with van der Waals surface area (Å²) in [6, 6.07) is -0.0185. The number of hydrogen-bond donors (Lipinski definition) is 2. The maximum Gasteiger partial charge on any atom is 0.208 e. The van der Waals surface area contributed by atoms with E-state index < -0.39 is 10.0 Å². The Morgan fingerprint density at radius 2 is 1.95 bits per heavy atom. The smallest absolute Gasteiger partial charge is 0.208 e. The third-order valence-electron chi connectivity index (χ3n) is 4.10. The van der Waals surface area contributed by atoms with Crippen molar-refractivity contribution >= 4 is 40.0 Å². The SMILES string of the molecule is CS(=O)(=O)NC1CCCCC1CN=C(N)N1CCOCC1.I. The Bertz CT molecular complexity index is 466. The first-order valence-corrected chi connectivity index (χ1v) is 9.45. The van der Waals surface area contributed by atoms with E-state index in [1.807, 2.05) is 4.90 Å². The average molecular weight is 446 g/mol. The predicted molar refractivity (Wildman–Crippen MR) is 98.0 cm³/mol. The lowest BCUT2D eigenvalue weighted by atomic mass is 9.85. The minimum Gasteiger partial charge on any atom is -0.378 e. The van der Waals surface area contributed by atoms with Gasteiger partial charge in [0, 0.05) is 25.7 Å². The predicted octanol–water partition coefficient (Wildman–Crippen LogP) is 0.359. The standard InChI is InChI=1S/C13H26N4O3S.HI/c1-21(18,19)16-12-5-3-2-4-11(12)10-15-13(14)17-6-8-20-9-7-17;/h11-12,16H,2-10H2,1H3,(H2,14,15);1H. The van der Waals surface area contributed by atoms with Crippen LogP contribution in [0.3, 0.4) is 0 Å². The highest BCUT2D eigenvalue weighted by molar-refractivity contribution is 14.0. The summed E-state index contributed by atoms with van der Waals surface area (Å²) in [7, 11) is -3.17.